The van der Waals surface area contributed by atoms with E-state index >= 15 is 0 Å². The zero-order valence-corrected chi connectivity index (χ0v) is 16.5. The molecule has 2 heterocycles. The van der Waals surface area contributed by atoms with Gasteiger partial charge in [-0.2, -0.15) is 13.2 Å². The van der Waals surface area contributed by atoms with Crippen LogP contribution in [0.25, 0.3) is 0 Å². The molecule has 0 radical (unpaired) electrons. The van der Waals surface area contributed by atoms with Crippen LogP contribution in [0.5, 0.6) is 0 Å². The third-order valence-corrected chi connectivity index (χ3v) is 6.66. The van der Waals surface area contributed by atoms with Gasteiger partial charge in [0.05, 0.1) is 18.7 Å². The quantitative estimate of drug-likeness (QED) is 0.467. The van der Waals surface area contributed by atoms with E-state index in [2.05, 4.69) is 0 Å². The van der Waals surface area contributed by atoms with Gasteiger partial charge in [0, 0.05) is 15.7 Å². The number of hydrogen-bond acceptors (Lipinski definition) is 3. The van der Waals surface area contributed by atoms with E-state index in [1.54, 1.807) is 33.6 Å². The number of benzene rings is 1. The van der Waals surface area contributed by atoms with Crippen molar-refractivity contribution in [3.8, 4) is 0 Å². The summed E-state index contributed by atoms with van der Waals surface area (Å²) in [5.41, 5.74) is -0.390. The average Bonchev–Trinajstić information content (AvgIpc) is 3.03. The zero-order chi connectivity index (χ0) is 19.7. The Kier molecular flexibility index (Phi) is 5.29. The van der Waals surface area contributed by atoms with Crippen molar-refractivity contribution in [2.75, 3.05) is 0 Å². The molecule has 3 aromatic rings. The summed E-state index contributed by atoms with van der Waals surface area (Å²) >= 11 is 3.15. The van der Waals surface area contributed by atoms with Crippen LogP contribution < -0.4 is 0 Å². The lowest BCUT2D eigenvalue weighted by Gasteiger charge is -2.22. The molecule has 2 nitrogen and oxygen atoms in total. The van der Waals surface area contributed by atoms with Crippen LogP contribution >= 0.6 is 22.7 Å². The number of carbonyl (C=O) groups is 1. The Morgan fingerprint density at radius 2 is 1.57 bits per heavy atom. The SMILES string of the molecule is O=C(C1CC1c1ccccc1C(F)(F)F)N(Cc1cccs1)Cc1cccs1. The van der Waals surface area contributed by atoms with E-state index in [1.807, 2.05) is 35.0 Å². The normalized spacial score (nSPS) is 18.8. The van der Waals surface area contributed by atoms with Crippen LogP contribution in [0.3, 0.4) is 0 Å². The predicted molar refractivity (Wildman–Crippen MR) is 105 cm³/mol. The number of hydrogen-bond donors (Lipinski definition) is 0. The van der Waals surface area contributed by atoms with Crippen molar-refractivity contribution < 1.29 is 18.0 Å². The predicted octanol–water partition coefficient (Wildman–Crippen LogP) is 6.16. The van der Waals surface area contributed by atoms with Crippen molar-refractivity contribution in [2.45, 2.75) is 31.6 Å². The third kappa shape index (κ3) is 4.15. The summed E-state index contributed by atoms with van der Waals surface area (Å²) < 4.78 is 40.0. The summed E-state index contributed by atoms with van der Waals surface area (Å²) in [6.07, 6.45) is -3.93. The lowest BCUT2D eigenvalue weighted by Crippen LogP contribution is -2.31. The summed E-state index contributed by atoms with van der Waals surface area (Å²) in [6.45, 7) is 0.969. The minimum atomic E-state index is -4.40. The van der Waals surface area contributed by atoms with Crippen molar-refractivity contribution in [3.63, 3.8) is 0 Å². The molecule has 1 aromatic carbocycles. The molecular weight excluding hydrogens is 403 g/mol. The Morgan fingerprint density at radius 1 is 0.964 bits per heavy atom. The van der Waals surface area contributed by atoms with E-state index in [9.17, 15) is 18.0 Å². The first-order valence-electron chi connectivity index (χ1n) is 8.93. The van der Waals surface area contributed by atoms with Crippen LogP contribution in [0.2, 0.25) is 0 Å². The van der Waals surface area contributed by atoms with Gasteiger partial charge in [0.25, 0.3) is 0 Å². The monoisotopic (exact) mass is 421 g/mol. The highest BCUT2D eigenvalue weighted by Crippen LogP contribution is 2.52. The molecule has 28 heavy (non-hydrogen) atoms. The van der Waals surface area contributed by atoms with Crippen molar-refractivity contribution in [3.05, 3.63) is 80.2 Å². The molecule has 0 saturated heterocycles. The standard InChI is InChI=1S/C21H18F3NOS2/c22-21(23,24)19-8-2-1-7-16(19)17-11-18(17)20(26)25(12-14-5-3-9-27-14)13-15-6-4-10-28-15/h1-10,17-18H,11-13H2. The molecule has 0 N–H and O–H groups in total. The van der Waals surface area contributed by atoms with Gasteiger partial charge in [-0.1, -0.05) is 30.3 Å². The summed E-state index contributed by atoms with van der Waals surface area (Å²) in [7, 11) is 0. The molecule has 1 amide bonds. The molecule has 0 bridgehead atoms. The molecule has 4 rings (SSSR count). The van der Waals surface area contributed by atoms with Gasteiger partial charge in [-0.25, -0.2) is 0 Å². The average molecular weight is 422 g/mol. The van der Waals surface area contributed by atoms with E-state index < -0.39 is 11.7 Å². The maximum atomic E-state index is 13.3. The second kappa shape index (κ2) is 7.72. The first-order chi connectivity index (χ1) is 13.4. The van der Waals surface area contributed by atoms with Crippen LogP contribution in [-0.2, 0) is 24.1 Å². The second-order valence-corrected chi connectivity index (χ2v) is 8.95. The molecule has 1 saturated carbocycles. The van der Waals surface area contributed by atoms with E-state index in [4.69, 9.17) is 0 Å². The molecule has 2 atom stereocenters. The van der Waals surface area contributed by atoms with Gasteiger partial charge >= 0.3 is 6.18 Å². The first kappa shape index (κ1) is 19.2. The number of amides is 1. The molecule has 0 spiro atoms. The van der Waals surface area contributed by atoms with Crippen molar-refractivity contribution in [1.82, 2.24) is 4.90 Å². The zero-order valence-electron chi connectivity index (χ0n) is 14.9. The molecular formula is C21H18F3NOS2. The highest BCUT2D eigenvalue weighted by molar-refractivity contribution is 7.10. The molecule has 2 unspecified atom stereocenters. The summed E-state index contributed by atoms with van der Waals surface area (Å²) in [5.74, 6) is -0.813. The van der Waals surface area contributed by atoms with E-state index in [0.717, 1.165) is 15.8 Å². The van der Waals surface area contributed by atoms with Gasteiger partial charge in [0.1, 0.15) is 0 Å². The fourth-order valence-electron chi connectivity index (χ4n) is 3.52. The van der Waals surface area contributed by atoms with Crippen LogP contribution in [0, 0.1) is 5.92 Å². The molecule has 1 aliphatic carbocycles. The van der Waals surface area contributed by atoms with Gasteiger partial charge in [0.2, 0.25) is 5.91 Å². The second-order valence-electron chi connectivity index (χ2n) is 6.89. The Balaban J connectivity index is 1.54. The maximum Gasteiger partial charge on any atom is 0.416 e. The van der Waals surface area contributed by atoms with E-state index in [0.29, 0.717) is 19.5 Å². The van der Waals surface area contributed by atoms with E-state index in [-0.39, 0.29) is 23.3 Å². The van der Waals surface area contributed by atoms with Gasteiger partial charge in [-0.15, -0.1) is 22.7 Å². The summed E-state index contributed by atoms with van der Waals surface area (Å²) in [5, 5.41) is 3.92. The number of carbonyl (C=O) groups excluding carboxylic acids is 1. The summed E-state index contributed by atoms with van der Waals surface area (Å²) in [4.78, 5) is 17.1. The van der Waals surface area contributed by atoms with Gasteiger partial charge in [-0.3, -0.25) is 4.79 Å². The molecule has 1 fully saturated rings. The highest BCUT2D eigenvalue weighted by atomic mass is 32.1. The number of halogens is 3. The van der Waals surface area contributed by atoms with Crippen LogP contribution in [0.15, 0.2) is 59.3 Å². The topological polar surface area (TPSA) is 20.3 Å². The van der Waals surface area contributed by atoms with Crippen molar-refractivity contribution >= 4 is 28.6 Å². The van der Waals surface area contributed by atoms with Crippen LogP contribution in [0.1, 0.15) is 33.2 Å². The van der Waals surface area contributed by atoms with Crippen molar-refractivity contribution in [1.29, 1.82) is 0 Å². The van der Waals surface area contributed by atoms with Gasteiger partial charge in [0.15, 0.2) is 0 Å². The van der Waals surface area contributed by atoms with Crippen molar-refractivity contribution in [2.24, 2.45) is 5.92 Å². The minimum absolute atomic E-state index is 0.0659. The molecule has 1 aliphatic rings. The molecule has 2 aromatic heterocycles. The Morgan fingerprint density at radius 3 is 2.11 bits per heavy atom. The Labute approximate surface area is 169 Å². The number of nitrogens with zero attached hydrogens (tertiary/aromatic N) is 1. The lowest BCUT2D eigenvalue weighted by atomic mass is 10.0. The number of rotatable bonds is 6. The smallest absolute Gasteiger partial charge is 0.332 e. The highest BCUT2D eigenvalue weighted by Gasteiger charge is 2.49. The van der Waals surface area contributed by atoms with E-state index in [1.165, 1.54) is 12.1 Å². The number of alkyl halides is 3. The minimum Gasteiger partial charge on any atom is -0.332 e. The Bertz CT molecular complexity index is 899. The maximum absolute atomic E-state index is 13.3. The van der Waals surface area contributed by atoms with Gasteiger partial charge < -0.3 is 4.90 Å². The molecule has 7 heteroatoms. The number of thiophene rings is 2. The van der Waals surface area contributed by atoms with Crippen LogP contribution in [0.4, 0.5) is 13.2 Å². The molecule has 0 aliphatic heterocycles. The summed E-state index contributed by atoms with van der Waals surface area (Å²) in [6, 6.07) is 13.4. The largest absolute Gasteiger partial charge is 0.416 e. The lowest BCUT2D eigenvalue weighted by molar-refractivity contribution is -0.139. The fraction of sp³-hybridized carbons (Fsp3) is 0.286. The first-order valence-corrected chi connectivity index (χ1v) is 10.7. The molecule has 146 valence electrons. The fourth-order valence-corrected chi connectivity index (χ4v) is 4.96. The Hall–Kier alpha value is -2.12. The van der Waals surface area contributed by atoms with Crippen LogP contribution in [-0.4, -0.2) is 10.8 Å². The third-order valence-electron chi connectivity index (χ3n) is 4.94. The van der Waals surface area contributed by atoms with Gasteiger partial charge in [-0.05, 0) is 46.9 Å².